The Morgan fingerprint density at radius 3 is 2.74 bits per heavy atom. The lowest BCUT2D eigenvalue weighted by Gasteiger charge is -2.16. The topological polar surface area (TPSA) is 68.9 Å². The van der Waals surface area contributed by atoms with Crippen LogP contribution in [0.5, 0.6) is 0 Å². The Labute approximate surface area is 111 Å². The summed E-state index contributed by atoms with van der Waals surface area (Å²) in [7, 11) is 0. The summed E-state index contributed by atoms with van der Waals surface area (Å²) >= 11 is 0. The van der Waals surface area contributed by atoms with Crippen LogP contribution in [-0.2, 0) is 4.79 Å². The molecule has 1 fully saturated rings. The minimum Gasteiger partial charge on any atom is -0.339 e. The van der Waals surface area contributed by atoms with Crippen LogP contribution in [0.1, 0.15) is 43.2 Å². The Hall–Kier alpha value is -2.04. The summed E-state index contributed by atoms with van der Waals surface area (Å²) in [6.07, 6.45) is 2.85. The number of carbonyl (C=O) groups is 1. The van der Waals surface area contributed by atoms with E-state index in [-0.39, 0.29) is 5.92 Å². The Morgan fingerprint density at radius 1 is 1.21 bits per heavy atom. The summed E-state index contributed by atoms with van der Waals surface area (Å²) in [6, 6.07) is 5.72. The Bertz CT molecular complexity index is 596. The third kappa shape index (κ3) is 2.54. The number of aryl methyl sites for hydroxylation is 1. The molecule has 2 aromatic heterocycles. The van der Waals surface area contributed by atoms with Crippen molar-refractivity contribution in [2.24, 2.45) is 0 Å². The van der Waals surface area contributed by atoms with Crippen LogP contribution in [0.4, 0.5) is 0 Å². The molecule has 1 aliphatic carbocycles. The predicted octanol–water partition coefficient (Wildman–Crippen LogP) is 2.67. The van der Waals surface area contributed by atoms with E-state index in [9.17, 15) is 4.79 Å². The van der Waals surface area contributed by atoms with Crippen molar-refractivity contribution in [1.29, 1.82) is 0 Å². The van der Waals surface area contributed by atoms with E-state index in [2.05, 4.69) is 15.1 Å². The average Bonchev–Trinajstić information content (AvgIpc) is 2.89. The van der Waals surface area contributed by atoms with Gasteiger partial charge in [-0.15, -0.1) is 0 Å². The van der Waals surface area contributed by atoms with Gasteiger partial charge in [0.25, 0.3) is 0 Å². The van der Waals surface area contributed by atoms with E-state index >= 15 is 0 Å². The quantitative estimate of drug-likeness (QED) is 0.827. The van der Waals surface area contributed by atoms with Crippen LogP contribution < -0.4 is 0 Å². The molecular weight excluding hydrogens is 242 g/mol. The van der Waals surface area contributed by atoms with E-state index in [1.54, 1.807) is 0 Å². The highest BCUT2D eigenvalue weighted by atomic mass is 16.5. The van der Waals surface area contributed by atoms with Gasteiger partial charge in [-0.05, 0) is 31.9 Å². The normalized spacial score (nSPS) is 16.8. The molecule has 3 rings (SSSR count). The summed E-state index contributed by atoms with van der Waals surface area (Å²) in [4.78, 5) is 20.0. The molecule has 2 heterocycles. The van der Waals surface area contributed by atoms with E-state index < -0.39 is 0 Å². The van der Waals surface area contributed by atoms with Gasteiger partial charge in [0.05, 0.1) is 0 Å². The summed E-state index contributed by atoms with van der Waals surface area (Å²) in [6.45, 7) is 1.93. The van der Waals surface area contributed by atoms with E-state index in [0.717, 1.165) is 24.2 Å². The molecule has 1 saturated carbocycles. The second-order valence-electron chi connectivity index (χ2n) is 4.93. The average molecular weight is 257 g/mol. The summed E-state index contributed by atoms with van der Waals surface area (Å²) in [5.41, 5.74) is 1.65. The zero-order valence-corrected chi connectivity index (χ0v) is 10.8. The smallest absolute Gasteiger partial charge is 0.230 e. The van der Waals surface area contributed by atoms with Crippen LogP contribution in [0.2, 0.25) is 0 Å². The van der Waals surface area contributed by atoms with Gasteiger partial charge in [-0.25, -0.2) is 4.98 Å². The van der Waals surface area contributed by atoms with E-state index in [0.29, 0.717) is 30.3 Å². The maximum atomic E-state index is 11.2. The number of pyridine rings is 1. The highest BCUT2D eigenvalue weighted by Gasteiger charge is 2.25. The van der Waals surface area contributed by atoms with Crippen molar-refractivity contribution in [2.75, 3.05) is 0 Å². The van der Waals surface area contributed by atoms with Gasteiger partial charge in [0, 0.05) is 24.5 Å². The first kappa shape index (κ1) is 12.0. The highest BCUT2D eigenvalue weighted by Crippen LogP contribution is 2.30. The molecule has 2 aromatic rings. The SMILES string of the molecule is Cc1cccc(-c2noc(C3CCC(=O)CC3)n2)n1. The van der Waals surface area contributed by atoms with Crippen LogP contribution in [0.25, 0.3) is 11.5 Å². The van der Waals surface area contributed by atoms with Crippen molar-refractivity contribution < 1.29 is 9.32 Å². The van der Waals surface area contributed by atoms with Gasteiger partial charge in [0.15, 0.2) is 0 Å². The van der Waals surface area contributed by atoms with Crippen LogP contribution in [0.3, 0.4) is 0 Å². The van der Waals surface area contributed by atoms with Gasteiger partial charge in [-0.3, -0.25) is 4.79 Å². The third-order valence-electron chi connectivity index (χ3n) is 3.45. The molecule has 0 aromatic carbocycles. The van der Waals surface area contributed by atoms with Gasteiger partial charge < -0.3 is 4.52 Å². The maximum Gasteiger partial charge on any atom is 0.230 e. The van der Waals surface area contributed by atoms with Crippen molar-refractivity contribution in [3.63, 3.8) is 0 Å². The molecule has 0 N–H and O–H groups in total. The standard InChI is InChI=1S/C14H15N3O2/c1-9-3-2-4-12(15-9)13-16-14(19-17-13)10-5-7-11(18)8-6-10/h2-4,10H,5-8H2,1H3. The number of hydrogen-bond donors (Lipinski definition) is 0. The van der Waals surface area contributed by atoms with Gasteiger partial charge in [-0.1, -0.05) is 11.2 Å². The second-order valence-corrected chi connectivity index (χ2v) is 4.93. The molecule has 0 atom stereocenters. The molecule has 0 spiro atoms. The van der Waals surface area contributed by atoms with Crippen molar-refractivity contribution in [2.45, 2.75) is 38.5 Å². The fraction of sp³-hybridized carbons (Fsp3) is 0.429. The highest BCUT2D eigenvalue weighted by molar-refractivity contribution is 5.79. The summed E-state index contributed by atoms with van der Waals surface area (Å²) < 4.78 is 5.32. The molecule has 0 saturated heterocycles. The van der Waals surface area contributed by atoms with Gasteiger partial charge in [0.2, 0.25) is 11.7 Å². The van der Waals surface area contributed by atoms with Crippen molar-refractivity contribution in [1.82, 2.24) is 15.1 Å². The minimum absolute atomic E-state index is 0.212. The van der Waals surface area contributed by atoms with E-state index in [1.807, 2.05) is 25.1 Å². The molecule has 0 unspecified atom stereocenters. The zero-order chi connectivity index (χ0) is 13.2. The number of carbonyl (C=O) groups excluding carboxylic acids is 1. The fourth-order valence-electron chi connectivity index (χ4n) is 2.36. The van der Waals surface area contributed by atoms with Crippen LogP contribution in [-0.4, -0.2) is 20.9 Å². The van der Waals surface area contributed by atoms with Crippen LogP contribution in [0.15, 0.2) is 22.7 Å². The van der Waals surface area contributed by atoms with Gasteiger partial charge in [0.1, 0.15) is 11.5 Å². The molecule has 98 valence electrons. The third-order valence-corrected chi connectivity index (χ3v) is 3.45. The molecule has 0 radical (unpaired) electrons. The second kappa shape index (κ2) is 4.91. The number of ketones is 1. The van der Waals surface area contributed by atoms with Crippen LogP contribution in [0, 0.1) is 6.92 Å². The summed E-state index contributed by atoms with van der Waals surface area (Å²) in [5.74, 6) is 1.70. The molecule has 5 nitrogen and oxygen atoms in total. The number of Topliss-reactive ketones (excluding diaryl/α,β-unsaturated/α-hetero) is 1. The largest absolute Gasteiger partial charge is 0.339 e. The number of hydrogen-bond acceptors (Lipinski definition) is 5. The Balaban J connectivity index is 1.81. The van der Waals surface area contributed by atoms with Gasteiger partial charge >= 0.3 is 0 Å². The first-order valence-electron chi connectivity index (χ1n) is 6.52. The Kier molecular flexibility index (Phi) is 3.11. The minimum atomic E-state index is 0.212. The molecule has 1 aliphatic rings. The molecule has 0 aliphatic heterocycles. The lowest BCUT2D eigenvalue weighted by molar-refractivity contribution is -0.120. The first-order valence-corrected chi connectivity index (χ1v) is 6.52. The first-order chi connectivity index (χ1) is 9.22. The van der Waals surface area contributed by atoms with Crippen LogP contribution >= 0.6 is 0 Å². The number of rotatable bonds is 2. The maximum absolute atomic E-state index is 11.2. The number of aromatic nitrogens is 3. The van der Waals surface area contributed by atoms with Crippen molar-refractivity contribution >= 4 is 5.78 Å². The molecule has 0 bridgehead atoms. The Morgan fingerprint density at radius 2 is 2.00 bits per heavy atom. The molecular formula is C14H15N3O2. The molecule has 19 heavy (non-hydrogen) atoms. The number of nitrogens with zero attached hydrogens (tertiary/aromatic N) is 3. The molecule has 0 amide bonds. The molecule has 5 heteroatoms. The monoisotopic (exact) mass is 257 g/mol. The van der Waals surface area contributed by atoms with E-state index in [1.165, 1.54) is 0 Å². The van der Waals surface area contributed by atoms with Crippen molar-refractivity contribution in [3.8, 4) is 11.5 Å². The predicted molar refractivity (Wildman–Crippen MR) is 68.5 cm³/mol. The fourth-order valence-corrected chi connectivity index (χ4v) is 2.36. The summed E-state index contributed by atoms with van der Waals surface area (Å²) in [5, 5.41) is 3.99. The lowest BCUT2D eigenvalue weighted by Crippen LogP contribution is -2.12. The van der Waals surface area contributed by atoms with E-state index in [4.69, 9.17) is 4.52 Å². The zero-order valence-electron chi connectivity index (χ0n) is 10.8. The van der Waals surface area contributed by atoms with Crippen molar-refractivity contribution in [3.05, 3.63) is 29.8 Å². The lowest BCUT2D eigenvalue weighted by atomic mass is 9.88. The van der Waals surface area contributed by atoms with Gasteiger partial charge in [-0.2, -0.15) is 4.98 Å².